The van der Waals surface area contributed by atoms with Crippen LogP contribution in [0.2, 0.25) is 0 Å². The number of thiazole rings is 1. The number of ketones is 3. The third kappa shape index (κ3) is 17.5. The van der Waals surface area contributed by atoms with Gasteiger partial charge in [-0.15, -0.1) is 11.3 Å². The van der Waals surface area contributed by atoms with E-state index >= 15 is 0 Å². The summed E-state index contributed by atoms with van der Waals surface area (Å²) >= 11 is 5.28. The number of fused-ring (bicyclic) bond motifs is 7. The summed E-state index contributed by atoms with van der Waals surface area (Å²) in [7, 11) is 0. The molecule has 8 aliphatic rings. The third-order valence-electron chi connectivity index (χ3n) is 16.9. The first kappa shape index (κ1) is 61.0. The number of nitrogens with zero attached hydrogens (tertiary/aromatic N) is 6. The van der Waals surface area contributed by atoms with E-state index in [1.165, 1.54) is 92.7 Å². The van der Waals surface area contributed by atoms with Gasteiger partial charge in [-0.1, -0.05) is 59.7 Å². The lowest BCUT2D eigenvalue weighted by atomic mass is 9.76. The number of piperidine rings is 6. The van der Waals surface area contributed by atoms with E-state index in [2.05, 4.69) is 101 Å². The Morgan fingerprint density at radius 1 is 0.690 bits per heavy atom. The van der Waals surface area contributed by atoms with Crippen molar-refractivity contribution in [2.45, 2.75) is 90.6 Å². The van der Waals surface area contributed by atoms with Crippen LogP contribution in [0.3, 0.4) is 0 Å². The molecular weight excluding hydrogens is 1200 g/mol. The molecule has 2 N–H and O–H groups in total. The molecule has 16 rings (SSSR count). The van der Waals surface area contributed by atoms with Gasteiger partial charge in [-0.25, -0.2) is 9.97 Å². The zero-order valence-corrected chi connectivity index (χ0v) is 52.2. The van der Waals surface area contributed by atoms with Crippen molar-refractivity contribution in [3.8, 4) is 11.5 Å². The highest BCUT2D eigenvalue weighted by molar-refractivity contribution is 14.1. The largest absolute Gasteiger partial charge is 0.490 e. The summed E-state index contributed by atoms with van der Waals surface area (Å²) in [6.07, 6.45) is 20.0. The number of aryl methyl sites for hydroxylation is 3. The number of halogens is 1. The minimum atomic E-state index is 0.0846. The standard InChI is InChI=1S/C17H15NOS2.C16H18N2O2.C16H21NO.C9H11IN2O.C9H12N2O/c1-11-3-5-13(6-4-11)9-15-18-12(2)17(21-15)16(19)14-7-8-20-10-14;19-15(8-13-10-18-4-1-11(13)2-5-18)14-7-12-3-6-20-16(12)9-17-14;1-12-2-4-14(5-3-12)16(18)10-15-11-17-8-6-13(15)7-9-17;10-7-3-9(5-11-4-7)13-6-8-1-2-12-8;1-2-9(6-10-4-1)12-7-8-3-5-11-8/h3-8,10H,9H2,1-2H3;3,6-7,9,11,13H,1-2,4-5,8,10H2;2-5,13,15H,6-11H2,1H3;3-5,8,12H,1-2,6H2;1-2,4,6,8,11H,3,5,7H2/t;13-;15-;2*8-/m.0000/s1. The summed E-state index contributed by atoms with van der Waals surface area (Å²) in [6, 6.07) is 28.9. The summed E-state index contributed by atoms with van der Waals surface area (Å²) in [6.45, 7) is 17.0. The molecule has 2 aromatic carbocycles. The second-order valence-electron chi connectivity index (χ2n) is 23.0. The van der Waals surface area contributed by atoms with Gasteiger partial charge in [-0.05, 0) is 192 Å². The zero-order chi connectivity index (χ0) is 58.2. The Morgan fingerprint density at radius 3 is 1.87 bits per heavy atom. The van der Waals surface area contributed by atoms with Gasteiger partial charge in [-0.3, -0.25) is 24.4 Å². The lowest BCUT2D eigenvalue weighted by molar-refractivity contribution is 0.0438. The van der Waals surface area contributed by atoms with Gasteiger partial charge < -0.3 is 34.3 Å². The van der Waals surface area contributed by atoms with Gasteiger partial charge in [0.05, 0.1) is 40.4 Å². The maximum absolute atomic E-state index is 12.4. The topological polar surface area (TPSA) is 165 Å². The lowest BCUT2D eigenvalue weighted by Gasteiger charge is -2.44. The fourth-order valence-corrected chi connectivity index (χ4v) is 13.7. The van der Waals surface area contributed by atoms with Crippen LogP contribution in [0.5, 0.6) is 11.5 Å². The molecule has 0 radical (unpaired) electrons. The molecule has 84 heavy (non-hydrogen) atoms. The van der Waals surface area contributed by atoms with Crippen LogP contribution in [0.4, 0.5) is 0 Å². The minimum absolute atomic E-state index is 0.0846. The van der Waals surface area contributed by atoms with Gasteiger partial charge >= 0.3 is 0 Å². The van der Waals surface area contributed by atoms with E-state index in [9.17, 15) is 14.4 Å². The molecule has 8 aliphatic heterocycles. The first-order valence-electron chi connectivity index (χ1n) is 29.7. The highest BCUT2D eigenvalue weighted by Crippen LogP contribution is 2.36. The number of aromatic nitrogens is 4. The Bertz CT molecular complexity index is 3350. The molecule has 14 nitrogen and oxygen atoms in total. The van der Waals surface area contributed by atoms with E-state index in [0.29, 0.717) is 41.8 Å². The normalized spacial score (nSPS) is 22.4. The SMILES string of the molecule is Cc1ccc(C(=O)C[C@H]2CN3CCC2CC3)cc1.Cc1ccc(Cc2nc(C)c(C(=O)c3ccsc3)s2)cc1.Ic1cncc(OC[C@@H]2CCN2)c1.O=C(C[C@H]1CN2CCC1CC2)c1cc2ccoc2cn1.c1cncc(OC[C@@H]2CCN2)c1. The van der Waals surface area contributed by atoms with Gasteiger partial charge in [0.15, 0.2) is 17.1 Å². The number of rotatable bonds is 16. The van der Waals surface area contributed by atoms with Crippen LogP contribution < -0.4 is 20.1 Å². The molecular formula is C67H77IN8O6S2. The molecule has 8 aromatic rings. The van der Waals surface area contributed by atoms with E-state index in [1.54, 1.807) is 42.4 Å². The second kappa shape index (κ2) is 30.3. The molecule has 0 amide bonds. The zero-order valence-electron chi connectivity index (χ0n) is 48.4. The van der Waals surface area contributed by atoms with Crippen molar-refractivity contribution in [1.82, 2.24) is 40.4 Å². The van der Waals surface area contributed by atoms with Crippen LogP contribution in [0.15, 0.2) is 137 Å². The van der Waals surface area contributed by atoms with E-state index in [-0.39, 0.29) is 11.6 Å². The Morgan fingerprint density at radius 2 is 1.31 bits per heavy atom. The number of carbonyl (C=O) groups excluding carboxylic acids is 3. The van der Waals surface area contributed by atoms with E-state index in [0.717, 1.165) is 117 Å². The number of Topliss-reactive ketones (excluding diaryl/α,β-unsaturated/α-hetero) is 2. The van der Waals surface area contributed by atoms with Gasteiger partial charge in [0.1, 0.15) is 30.4 Å². The molecule has 0 aliphatic carbocycles. The fraction of sp³-hybridized carbons (Fsp3) is 0.418. The van der Waals surface area contributed by atoms with Crippen LogP contribution in [-0.4, -0.2) is 125 Å². The molecule has 0 spiro atoms. The number of ether oxygens (including phenoxy) is 2. The van der Waals surface area contributed by atoms with Crippen molar-refractivity contribution in [2.24, 2.45) is 23.7 Å². The number of nitrogens with one attached hydrogen (secondary N) is 2. The summed E-state index contributed by atoms with van der Waals surface area (Å²) in [5, 5.41) is 12.3. The summed E-state index contributed by atoms with van der Waals surface area (Å²) < 4.78 is 17.4. The average Bonchev–Trinajstić information content (AvgIpc) is 3.75. The van der Waals surface area contributed by atoms with Crippen molar-refractivity contribution in [1.29, 1.82) is 0 Å². The highest BCUT2D eigenvalue weighted by atomic mass is 127. The van der Waals surface area contributed by atoms with Crippen LogP contribution in [-0.2, 0) is 6.42 Å². The van der Waals surface area contributed by atoms with Crippen LogP contribution in [0.25, 0.3) is 11.0 Å². The predicted molar refractivity (Wildman–Crippen MR) is 342 cm³/mol. The van der Waals surface area contributed by atoms with Gasteiger partial charge in [-0.2, -0.15) is 11.3 Å². The number of furan rings is 1. The van der Waals surface area contributed by atoms with Gasteiger partial charge in [0, 0.05) is 82.3 Å². The number of hydrogen-bond acceptors (Lipinski definition) is 16. The van der Waals surface area contributed by atoms with Crippen molar-refractivity contribution in [3.63, 3.8) is 0 Å². The molecule has 4 atom stereocenters. The molecule has 8 saturated heterocycles. The number of hydrogen-bond donors (Lipinski definition) is 2. The van der Waals surface area contributed by atoms with Crippen molar-refractivity contribution in [2.75, 3.05) is 65.6 Å². The van der Waals surface area contributed by atoms with Crippen molar-refractivity contribution >= 4 is 73.6 Å². The molecule has 4 bridgehead atoms. The fourth-order valence-electron chi connectivity index (χ4n) is 11.5. The first-order valence-corrected chi connectivity index (χ1v) is 32.5. The molecule has 8 fully saturated rings. The maximum Gasteiger partial charge on any atom is 0.205 e. The number of pyridine rings is 3. The predicted octanol–water partition coefficient (Wildman–Crippen LogP) is 12.5. The quantitative estimate of drug-likeness (QED) is 0.0693. The summed E-state index contributed by atoms with van der Waals surface area (Å²) in [5.74, 6) is 4.95. The Balaban J connectivity index is 0.000000119. The summed E-state index contributed by atoms with van der Waals surface area (Å²) in [4.78, 5) is 59.7. The Labute approximate surface area is 515 Å². The van der Waals surface area contributed by atoms with Crippen molar-refractivity contribution in [3.05, 3.63) is 186 Å². The first-order chi connectivity index (χ1) is 40.9. The number of thiophene rings is 1. The second-order valence-corrected chi connectivity index (χ2v) is 26.1. The average molecular weight is 1280 g/mol. The van der Waals surface area contributed by atoms with Gasteiger partial charge in [0.25, 0.3) is 0 Å². The van der Waals surface area contributed by atoms with Crippen molar-refractivity contribution < 1.29 is 28.3 Å². The Kier molecular flexibility index (Phi) is 22.0. The van der Waals surface area contributed by atoms with Crippen LogP contribution >= 0.6 is 45.3 Å². The lowest BCUT2D eigenvalue weighted by Crippen LogP contribution is -2.47. The monoisotopic (exact) mass is 1280 g/mol. The highest BCUT2D eigenvalue weighted by Gasteiger charge is 2.36. The molecule has 440 valence electrons. The van der Waals surface area contributed by atoms with Gasteiger partial charge in [0.2, 0.25) is 5.78 Å². The molecule has 0 unspecified atom stereocenters. The number of carbonyl (C=O) groups is 3. The van der Waals surface area contributed by atoms with E-state index in [1.807, 2.05) is 84.5 Å². The molecule has 17 heteroatoms. The smallest absolute Gasteiger partial charge is 0.205 e. The minimum Gasteiger partial charge on any atom is -0.490 e. The maximum atomic E-state index is 12.4. The molecule has 6 aromatic heterocycles. The number of benzene rings is 2. The van der Waals surface area contributed by atoms with E-state index in [4.69, 9.17) is 13.9 Å². The third-order valence-corrected chi connectivity index (χ3v) is 19.3. The molecule has 14 heterocycles. The van der Waals surface area contributed by atoms with Crippen LogP contribution in [0.1, 0.15) is 115 Å². The van der Waals surface area contributed by atoms with Crippen LogP contribution in [0, 0.1) is 48.0 Å². The molecule has 0 saturated carbocycles. The van der Waals surface area contributed by atoms with E-state index < -0.39 is 0 Å². The summed E-state index contributed by atoms with van der Waals surface area (Å²) in [5.41, 5.74) is 7.49. The Hall–Kier alpha value is -6.06.